The molecule has 0 atom stereocenters. The third-order valence-corrected chi connectivity index (χ3v) is 3.04. The van der Waals surface area contributed by atoms with Crippen LogP contribution in [0.5, 0.6) is 0 Å². The van der Waals surface area contributed by atoms with Gasteiger partial charge in [-0.15, -0.1) is 0 Å². The van der Waals surface area contributed by atoms with Gasteiger partial charge in [-0.2, -0.15) is 0 Å². The van der Waals surface area contributed by atoms with Crippen LogP contribution < -0.4 is 4.72 Å². The number of rotatable bonds is 0. The van der Waals surface area contributed by atoms with E-state index in [2.05, 4.69) is 4.12 Å². The number of carbonyl (C=O) groups is 1. The molecule has 0 bridgehead atoms. The second kappa shape index (κ2) is 4.70. The SMILES string of the molecule is O=C1NS(=O)(=O)c2ccccc21.[SiH3]O[SiH3]. The molecule has 1 aliphatic heterocycles. The summed E-state index contributed by atoms with van der Waals surface area (Å²) in [6.07, 6.45) is 0. The molecule has 0 unspecified atom stereocenters. The van der Waals surface area contributed by atoms with E-state index in [1.54, 1.807) is 12.1 Å². The van der Waals surface area contributed by atoms with Crippen molar-refractivity contribution in [1.29, 1.82) is 0 Å². The summed E-state index contributed by atoms with van der Waals surface area (Å²) in [6.45, 7) is 0. The van der Waals surface area contributed by atoms with Crippen LogP contribution in [0.3, 0.4) is 0 Å². The zero-order valence-electron chi connectivity index (χ0n) is 8.35. The number of hydrogen-bond donors (Lipinski definition) is 1. The van der Waals surface area contributed by atoms with Crippen molar-refractivity contribution >= 4 is 36.9 Å². The molecule has 0 fully saturated rings. The maximum absolute atomic E-state index is 11.1. The third-order valence-electron chi connectivity index (χ3n) is 1.65. The predicted octanol–water partition coefficient (Wildman–Crippen LogP) is -2.32. The largest absolute Gasteiger partial charge is 0.471 e. The summed E-state index contributed by atoms with van der Waals surface area (Å²) in [6, 6.07) is 6.09. The van der Waals surface area contributed by atoms with E-state index >= 15 is 0 Å². The summed E-state index contributed by atoms with van der Waals surface area (Å²) >= 11 is 0. The molecule has 5 nitrogen and oxygen atoms in total. The molecule has 1 amide bonds. The molecule has 0 radical (unpaired) electrons. The molecule has 1 heterocycles. The van der Waals surface area contributed by atoms with Crippen LogP contribution in [0, 0.1) is 0 Å². The maximum atomic E-state index is 11.1. The van der Waals surface area contributed by atoms with Crippen LogP contribution in [0.15, 0.2) is 29.2 Å². The van der Waals surface area contributed by atoms with E-state index in [9.17, 15) is 13.2 Å². The van der Waals surface area contributed by atoms with Crippen LogP contribution in [0.1, 0.15) is 10.4 Å². The van der Waals surface area contributed by atoms with Gasteiger partial charge in [0.15, 0.2) is 0 Å². The normalized spacial score (nSPS) is 16.4. The third kappa shape index (κ3) is 2.53. The number of benzene rings is 1. The van der Waals surface area contributed by atoms with Crippen molar-refractivity contribution in [2.75, 3.05) is 0 Å². The highest BCUT2D eigenvalue weighted by molar-refractivity contribution is 7.90. The Bertz CT molecular complexity index is 474. The molecule has 1 aromatic carbocycles. The minimum Gasteiger partial charge on any atom is -0.471 e. The van der Waals surface area contributed by atoms with Crippen LogP contribution in [0.25, 0.3) is 0 Å². The van der Waals surface area contributed by atoms with Gasteiger partial charge in [-0.05, 0) is 12.1 Å². The summed E-state index contributed by atoms with van der Waals surface area (Å²) < 4.78 is 28.7. The highest BCUT2D eigenvalue weighted by Gasteiger charge is 2.31. The topological polar surface area (TPSA) is 72.5 Å². The van der Waals surface area contributed by atoms with Gasteiger partial charge in [0.1, 0.15) is 25.9 Å². The molecule has 1 N–H and O–H groups in total. The minimum atomic E-state index is -3.55. The van der Waals surface area contributed by atoms with E-state index in [0.717, 1.165) is 21.0 Å². The van der Waals surface area contributed by atoms with Gasteiger partial charge >= 0.3 is 0 Å². The molecule has 8 heteroatoms. The van der Waals surface area contributed by atoms with Gasteiger partial charge in [0.2, 0.25) is 0 Å². The van der Waals surface area contributed by atoms with Crippen molar-refractivity contribution in [3.63, 3.8) is 0 Å². The van der Waals surface area contributed by atoms with Crippen LogP contribution in [0.4, 0.5) is 0 Å². The molecule has 0 aromatic heterocycles. The van der Waals surface area contributed by atoms with E-state index in [1.807, 2.05) is 4.72 Å². The summed E-state index contributed by atoms with van der Waals surface area (Å²) in [4.78, 5) is 11.1. The van der Waals surface area contributed by atoms with Crippen molar-refractivity contribution in [3.05, 3.63) is 29.8 Å². The van der Waals surface area contributed by atoms with Gasteiger partial charge in [0, 0.05) is 0 Å². The lowest BCUT2D eigenvalue weighted by Gasteiger charge is -1.91. The first kappa shape index (κ1) is 12.1. The summed E-state index contributed by atoms with van der Waals surface area (Å²) in [7, 11) is -1.69. The molecular formula is C7H11NO4SSi2. The highest BCUT2D eigenvalue weighted by atomic mass is 32.2. The second-order valence-corrected chi connectivity index (χ2v) is 7.76. The molecular weight excluding hydrogens is 250 g/mol. The maximum Gasteiger partial charge on any atom is 0.266 e. The molecule has 0 saturated carbocycles. The number of sulfonamides is 1. The van der Waals surface area contributed by atoms with E-state index in [-0.39, 0.29) is 10.5 Å². The molecule has 1 aromatic rings. The predicted molar refractivity (Wildman–Crippen MR) is 62.1 cm³/mol. The van der Waals surface area contributed by atoms with Gasteiger partial charge in [0.25, 0.3) is 15.9 Å². The van der Waals surface area contributed by atoms with E-state index in [4.69, 9.17) is 0 Å². The highest BCUT2D eigenvalue weighted by Crippen LogP contribution is 2.20. The average molecular weight is 261 g/mol. The molecule has 15 heavy (non-hydrogen) atoms. The Morgan fingerprint density at radius 3 is 2.27 bits per heavy atom. The lowest BCUT2D eigenvalue weighted by molar-refractivity contribution is 0.0985. The molecule has 0 spiro atoms. The monoisotopic (exact) mass is 261 g/mol. The summed E-state index contributed by atoms with van der Waals surface area (Å²) in [5.74, 6) is -0.550. The van der Waals surface area contributed by atoms with E-state index < -0.39 is 15.9 Å². The fourth-order valence-corrected chi connectivity index (χ4v) is 2.29. The Labute approximate surface area is 94.0 Å². The smallest absolute Gasteiger partial charge is 0.266 e. The van der Waals surface area contributed by atoms with Crippen molar-refractivity contribution < 1.29 is 17.3 Å². The van der Waals surface area contributed by atoms with Crippen LogP contribution in [-0.4, -0.2) is 35.3 Å². The summed E-state index contributed by atoms with van der Waals surface area (Å²) in [5.41, 5.74) is 0.220. The molecule has 0 saturated heterocycles. The van der Waals surface area contributed by atoms with E-state index in [1.165, 1.54) is 12.1 Å². The lowest BCUT2D eigenvalue weighted by atomic mass is 10.2. The number of carbonyl (C=O) groups excluding carboxylic acids is 1. The van der Waals surface area contributed by atoms with Crippen molar-refractivity contribution in [3.8, 4) is 0 Å². The van der Waals surface area contributed by atoms with Gasteiger partial charge in [-0.3, -0.25) is 4.79 Å². The molecule has 2 rings (SSSR count). The Hall–Kier alpha value is -0.966. The Balaban J connectivity index is 0.000000337. The number of nitrogens with one attached hydrogen (secondary N) is 1. The summed E-state index contributed by atoms with van der Waals surface area (Å²) in [5, 5.41) is 0. The Morgan fingerprint density at radius 2 is 1.73 bits per heavy atom. The zero-order valence-corrected chi connectivity index (χ0v) is 13.2. The number of hydrogen-bond acceptors (Lipinski definition) is 4. The van der Waals surface area contributed by atoms with Gasteiger partial charge in [-0.25, -0.2) is 13.1 Å². The first-order chi connectivity index (χ1) is 7.03. The van der Waals surface area contributed by atoms with Gasteiger partial charge < -0.3 is 4.12 Å². The molecule has 82 valence electrons. The second-order valence-electron chi connectivity index (χ2n) is 2.84. The number of fused-ring (bicyclic) bond motifs is 1. The standard InChI is InChI=1S/C7H5NO3S.H6OSi2/c9-7-5-3-1-2-4-6(5)12(10,11)8-7;2-1-3/h1-4H,(H,8,9);2-3H3. The van der Waals surface area contributed by atoms with Crippen molar-refractivity contribution in [2.24, 2.45) is 0 Å². The first-order valence-corrected chi connectivity index (χ1v) is 7.21. The van der Waals surface area contributed by atoms with Gasteiger partial charge in [-0.1, -0.05) is 12.1 Å². The van der Waals surface area contributed by atoms with Crippen molar-refractivity contribution in [2.45, 2.75) is 4.90 Å². The molecule has 1 aliphatic rings. The Kier molecular flexibility index (Phi) is 3.80. The van der Waals surface area contributed by atoms with Crippen LogP contribution in [0.2, 0.25) is 0 Å². The minimum absolute atomic E-state index is 0.0648. The number of amides is 1. The Morgan fingerprint density at radius 1 is 1.20 bits per heavy atom. The molecule has 0 aliphatic carbocycles. The van der Waals surface area contributed by atoms with Crippen LogP contribution in [-0.2, 0) is 14.1 Å². The quantitative estimate of drug-likeness (QED) is 0.532. The zero-order chi connectivity index (χ0) is 11.5. The van der Waals surface area contributed by atoms with Crippen LogP contribution >= 0.6 is 0 Å². The fourth-order valence-electron chi connectivity index (χ4n) is 1.12. The lowest BCUT2D eigenvalue weighted by Crippen LogP contribution is -2.20. The first-order valence-electron chi connectivity index (χ1n) is 4.09. The average Bonchev–Trinajstić information content (AvgIpc) is 2.40. The van der Waals surface area contributed by atoms with Crippen molar-refractivity contribution in [1.82, 2.24) is 4.72 Å². The fraction of sp³-hybridized carbons (Fsp3) is 0. The van der Waals surface area contributed by atoms with Gasteiger partial charge in [0.05, 0.1) is 5.56 Å². The van der Waals surface area contributed by atoms with E-state index in [0.29, 0.717) is 0 Å².